The second kappa shape index (κ2) is 5.51. The Labute approximate surface area is 117 Å². The number of hydrogen-bond acceptors (Lipinski definition) is 3. The molecule has 2 rings (SSSR count). The van der Waals surface area contributed by atoms with Crippen LogP contribution in [0.3, 0.4) is 0 Å². The molecule has 19 heavy (non-hydrogen) atoms. The van der Waals surface area contributed by atoms with Gasteiger partial charge in [-0.3, -0.25) is 0 Å². The monoisotopic (exact) mass is 261 g/mol. The zero-order valence-electron chi connectivity index (χ0n) is 12.7. The Morgan fingerprint density at radius 1 is 1.37 bits per heavy atom. The number of hydrogen-bond donors (Lipinski definition) is 1. The minimum absolute atomic E-state index is 0.0713. The molecule has 1 aromatic rings. The normalized spacial score (nSPS) is 27.7. The Balaban J connectivity index is 2.23. The van der Waals surface area contributed by atoms with Crippen LogP contribution in [0.25, 0.3) is 0 Å². The number of benzene rings is 1. The molecule has 0 spiro atoms. The molecule has 3 nitrogen and oxygen atoms in total. The Kier molecular flexibility index (Phi) is 4.16. The van der Waals surface area contributed by atoms with Gasteiger partial charge < -0.3 is 15.5 Å². The first kappa shape index (κ1) is 14.4. The maximum atomic E-state index is 6.12. The van der Waals surface area contributed by atoms with Crippen LogP contribution in [0.5, 0.6) is 0 Å². The van der Waals surface area contributed by atoms with Gasteiger partial charge >= 0.3 is 0 Å². The van der Waals surface area contributed by atoms with E-state index in [1.54, 1.807) is 0 Å². The highest BCUT2D eigenvalue weighted by molar-refractivity contribution is 5.50. The van der Waals surface area contributed by atoms with Crippen LogP contribution in [0.4, 0.5) is 5.69 Å². The number of nitrogens with two attached hydrogens (primary N) is 1. The summed E-state index contributed by atoms with van der Waals surface area (Å²) in [5.41, 5.74) is 8.84. The lowest BCUT2D eigenvalue weighted by Crippen LogP contribution is -2.54. The Hall–Kier alpha value is -1.06. The summed E-state index contributed by atoms with van der Waals surface area (Å²) in [6, 6.07) is 9.48. The van der Waals surface area contributed by atoms with Crippen LogP contribution >= 0.6 is 0 Å². The first-order chi connectivity index (χ1) is 9.02. The predicted molar refractivity (Wildman–Crippen MR) is 82.7 cm³/mol. The number of aryl methyl sites for hydroxylation is 1. The van der Waals surface area contributed by atoms with Gasteiger partial charge in [0.25, 0.3) is 0 Å². The molecule has 1 aromatic carbocycles. The summed E-state index contributed by atoms with van der Waals surface area (Å²) >= 11 is 0. The smallest absolute Gasteiger partial charge is 0.0662 e. The molecule has 0 aliphatic carbocycles. The van der Waals surface area contributed by atoms with Crippen LogP contribution in [0.2, 0.25) is 0 Å². The molecule has 0 amide bonds. The zero-order valence-corrected chi connectivity index (χ0v) is 12.7. The standard InChI is InChI=1S/C16H27N3/c1-5-14-6-8-15(9-7-14)19(4)16(11-17)10-13(2)18(3)12-16/h6-9,13H,5,10-12,17H2,1-4H3. The van der Waals surface area contributed by atoms with Crippen LogP contribution in [0, 0.1) is 0 Å². The fourth-order valence-electron chi connectivity index (χ4n) is 3.15. The maximum absolute atomic E-state index is 6.12. The van der Waals surface area contributed by atoms with Gasteiger partial charge in [0.15, 0.2) is 0 Å². The third-order valence-corrected chi connectivity index (χ3v) is 4.79. The van der Waals surface area contributed by atoms with Gasteiger partial charge in [0, 0.05) is 31.9 Å². The van der Waals surface area contributed by atoms with E-state index in [1.807, 2.05) is 0 Å². The SMILES string of the molecule is CCc1ccc(N(C)C2(CN)CC(C)N(C)C2)cc1. The summed E-state index contributed by atoms with van der Waals surface area (Å²) < 4.78 is 0. The number of rotatable bonds is 4. The first-order valence-corrected chi connectivity index (χ1v) is 7.25. The molecule has 0 saturated carbocycles. The zero-order chi connectivity index (χ0) is 14.0. The molecule has 1 aliphatic heterocycles. The van der Waals surface area contributed by atoms with E-state index >= 15 is 0 Å². The van der Waals surface area contributed by atoms with Crippen molar-refractivity contribution in [2.75, 3.05) is 32.1 Å². The average molecular weight is 261 g/mol. The van der Waals surface area contributed by atoms with Gasteiger partial charge in [0.1, 0.15) is 0 Å². The molecular weight excluding hydrogens is 234 g/mol. The van der Waals surface area contributed by atoms with Crippen molar-refractivity contribution in [1.29, 1.82) is 0 Å². The van der Waals surface area contributed by atoms with Crippen LogP contribution in [-0.4, -0.2) is 43.7 Å². The number of anilines is 1. The van der Waals surface area contributed by atoms with Crippen LogP contribution < -0.4 is 10.6 Å². The van der Waals surface area contributed by atoms with Gasteiger partial charge in [-0.05, 0) is 44.5 Å². The van der Waals surface area contributed by atoms with E-state index in [0.717, 1.165) is 19.4 Å². The second-order valence-electron chi connectivity index (χ2n) is 5.98. The van der Waals surface area contributed by atoms with Gasteiger partial charge in [-0.2, -0.15) is 0 Å². The molecular formula is C16H27N3. The summed E-state index contributed by atoms with van der Waals surface area (Å²) in [6.45, 7) is 6.21. The van der Waals surface area contributed by atoms with Crippen molar-refractivity contribution >= 4 is 5.69 Å². The van der Waals surface area contributed by atoms with Crippen molar-refractivity contribution in [2.24, 2.45) is 5.73 Å². The molecule has 3 heteroatoms. The number of nitrogens with zero attached hydrogens (tertiary/aromatic N) is 2. The molecule has 2 unspecified atom stereocenters. The molecule has 0 radical (unpaired) electrons. The Bertz CT molecular complexity index is 403. The molecule has 1 fully saturated rings. The average Bonchev–Trinajstić information content (AvgIpc) is 2.74. The fraction of sp³-hybridized carbons (Fsp3) is 0.625. The Morgan fingerprint density at radius 3 is 2.42 bits per heavy atom. The fourth-order valence-corrected chi connectivity index (χ4v) is 3.15. The highest BCUT2D eigenvalue weighted by Crippen LogP contribution is 2.33. The molecule has 1 heterocycles. The minimum atomic E-state index is 0.0713. The van der Waals surface area contributed by atoms with E-state index in [2.05, 4.69) is 62.0 Å². The van der Waals surface area contributed by atoms with Crippen molar-refractivity contribution in [3.8, 4) is 0 Å². The first-order valence-electron chi connectivity index (χ1n) is 7.25. The van der Waals surface area contributed by atoms with E-state index < -0.39 is 0 Å². The molecule has 0 bridgehead atoms. The number of likely N-dealkylation sites (N-methyl/N-ethyl adjacent to an activating group) is 2. The lowest BCUT2D eigenvalue weighted by Gasteiger charge is -2.39. The minimum Gasteiger partial charge on any atom is -0.366 e. The van der Waals surface area contributed by atoms with E-state index in [1.165, 1.54) is 11.3 Å². The van der Waals surface area contributed by atoms with Crippen molar-refractivity contribution in [3.05, 3.63) is 29.8 Å². The van der Waals surface area contributed by atoms with Gasteiger partial charge in [0.2, 0.25) is 0 Å². The van der Waals surface area contributed by atoms with E-state index in [0.29, 0.717) is 12.6 Å². The lowest BCUT2D eigenvalue weighted by atomic mass is 9.93. The van der Waals surface area contributed by atoms with Crippen molar-refractivity contribution < 1.29 is 0 Å². The van der Waals surface area contributed by atoms with E-state index in [4.69, 9.17) is 5.73 Å². The molecule has 1 aliphatic rings. The maximum Gasteiger partial charge on any atom is 0.0662 e. The lowest BCUT2D eigenvalue weighted by molar-refractivity contribution is 0.318. The largest absolute Gasteiger partial charge is 0.366 e. The molecule has 2 N–H and O–H groups in total. The molecule has 0 aromatic heterocycles. The summed E-state index contributed by atoms with van der Waals surface area (Å²) in [7, 11) is 4.37. The highest BCUT2D eigenvalue weighted by Gasteiger charge is 2.42. The van der Waals surface area contributed by atoms with Gasteiger partial charge in [-0.1, -0.05) is 19.1 Å². The highest BCUT2D eigenvalue weighted by atomic mass is 15.3. The van der Waals surface area contributed by atoms with Gasteiger partial charge in [0.05, 0.1) is 5.54 Å². The molecule has 106 valence electrons. The number of likely N-dealkylation sites (tertiary alicyclic amines) is 1. The molecule has 2 atom stereocenters. The van der Waals surface area contributed by atoms with Crippen LogP contribution in [0.15, 0.2) is 24.3 Å². The predicted octanol–water partition coefficient (Wildman–Crippen LogP) is 2.11. The summed E-state index contributed by atoms with van der Waals surface area (Å²) in [5, 5.41) is 0. The van der Waals surface area contributed by atoms with Crippen molar-refractivity contribution in [3.63, 3.8) is 0 Å². The third-order valence-electron chi connectivity index (χ3n) is 4.79. The summed E-state index contributed by atoms with van der Waals surface area (Å²) in [6.07, 6.45) is 2.22. The summed E-state index contributed by atoms with van der Waals surface area (Å²) in [5.74, 6) is 0. The summed E-state index contributed by atoms with van der Waals surface area (Å²) in [4.78, 5) is 4.79. The van der Waals surface area contributed by atoms with Crippen LogP contribution in [0.1, 0.15) is 25.8 Å². The Morgan fingerprint density at radius 2 is 2.00 bits per heavy atom. The third kappa shape index (κ3) is 2.63. The quantitative estimate of drug-likeness (QED) is 0.901. The van der Waals surface area contributed by atoms with E-state index in [-0.39, 0.29) is 5.54 Å². The van der Waals surface area contributed by atoms with Gasteiger partial charge in [-0.25, -0.2) is 0 Å². The topological polar surface area (TPSA) is 32.5 Å². The van der Waals surface area contributed by atoms with E-state index in [9.17, 15) is 0 Å². The second-order valence-corrected chi connectivity index (χ2v) is 5.98. The van der Waals surface area contributed by atoms with Crippen molar-refractivity contribution in [1.82, 2.24) is 4.90 Å². The van der Waals surface area contributed by atoms with Crippen LogP contribution in [-0.2, 0) is 6.42 Å². The van der Waals surface area contributed by atoms with Crippen molar-refractivity contribution in [2.45, 2.75) is 38.3 Å². The molecule has 1 saturated heterocycles. The van der Waals surface area contributed by atoms with Gasteiger partial charge in [-0.15, -0.1) is 0 Å².